The molecular formula is C11H11NO2. The van der Waals surface area contributed by atoms with Crippen LogP contribution in [0.25, 0.3) is 0 Å². The molecule has 0 N–H and O–H groups in total. The van der Waals surface area contributed by atoms with E-state index in [-0.39, 0.29) is 5.88 Å². The van der Waals surface area contributed by atoms with E-state index in [1.807, 2.05) is 31.2 Å². The number of para-hydroxylation sites is 1. The van der Waals surface area contributed by atoms with Gasteiger partial charge in [0, 0.05) is 25.1 Å². The maximum Gasteiger partial charge on any atom is 0.360 e. The first-order chi connectivity index (χ1) is 6.74. The summed E-state index contributed by atoms with van der Waals surface area (Å²) >= 11 is 0. The van der Waals surface area contributed by atoms with Gasteiger partial charge in [-0.3, -0.25) is 0 Å². The van der Waals surface area contributed by atoms with Crippen molar-refractivity contribution in [2.75, 3.05) is 0 Å². The highest BCUT2D eigenvalue weighted by molar-refractivity contribution is 5.85. The number of rotatable bonds is 2. The van der Waals surface area contributed by atoms with Crippen LogP contribution < -0.4 is 5.26 Å². The molecule has 1 aromatic carbocycles. The maximum atomic E-state index is 10.3. The monoisotopic (exact) mass is 189 g/mol. The lowest BCUT2D eigenvalue weighted by atomic mass is 10.1. The van der Waals surface area contributed by atoms with Crippen LogP contribution in [0.5, 0.6) is 0 Å². The first-order valence-electron chi connectivity index (χ1n) is 4.43. The van der Waals surface area contributed by atoms with Crippen LogP contribution in [0, 0.1) is 0 Å². The van der Waals surface area contributed by atoms with Gasteiger partial charge in [-0.1, -0.05) is 18.2 Å². The highest BCUT2D eigenvalue weighted by atomic mass is 17.1. The molecule has 1 aromatic rings. The Labute approximate surface area is 82.5 Å². The fraction of sp³-hybridized carbons (Fsp3) is 0.182. The summed E-state index contributed by atoms with van der Waals surface area (Å²) < 4.78 is 1.75. The minimum Gasteiger partial charge on any atom is -0.659 e. The predicted octanol–water partition coefficient (Wildman–Crippen LogP) is 1.11. The Hall–Kier alpha value is -1.61. The van der Waals surface area contributed by atoms with Crippen molar-refractivity contribution in [3.63, 3.8) is 0 Å². The molecular weight excluding hydrogens is 178 g/mol. The molecule has 0 fully saturated rings. The van der Waals surface area contributed by atoms with Crippen molar-refractivity contribution in [2.24, 2.45) is 0 Å². The molecule has 1 aliphatic rings. The molecule has 0 saturated heterocycles. The van der Waals surface area contributed by atoms with Gasteiger partial charge in [0.15, 0.2) is 5.71 Å². The molecule has 3 heteroatoms. The van der Waals surface area contributed by atoms with E-state index in [2.05, 4.69) is 11.5 Å². The molecule has 72 valence electrons. The number of benzene rings is 1. The summed E-state index contributed by atoms with van der Waals surface area (Å²) in [7, 11) is 0. The molecule has 0 saturated carbocycles. The van der Waals surface area contributed by atoms with Crippen molar-refractivity contribution in [1.82, 2.24) is 0 Å². The number of hydrogen-bond donors (Lipinski definition) is 0. The van der Waals surface area contributed by atoms with Gasteiger partial charge in [-0.2, -0.15) is 0 Å². The minimum absolute atomic E-state index is 0.132. The van der Waals surface area contributed by atoms with E-state index in [9.17, 15) is 5.26 Å². The molecule has 3 nitrogen and oxygen atoms in total. The molecule has 0 atom stereocenters. The van der Waals surface area contributed by atoms with Gasteiger partial charge < -0.3 is 10.1 Å². The van der Waals surface area contributed by atoms with Gasteiger partial charge >= 0.3 is 5.88 Å². The van der Waals surface area contributed by atoms with Gasteiger partial charge in [-0.15, -0.1) is 4.58 Å². The zero-order valence-electron chi connectivity index (χ0n) is 7.99. The van der Waals surface area contributed by atoms with Gasteiger partial charge in [0.25, 0.3) is 0 Å². The second-order valence-corrected chi connectivity index (χ2v) is 3.35. The third-order valence-electron chi connectivity index (χ3n) is 2.41. The molecule has 0 unspecified atom stereocenters. The molecule has 0 amide bonds. The largest absolute Gasteiger partial charge is 0.659 e. The van der Waals surface area contributed by atoms with Gasteiger partial charge in [0.2, 0.25) is 5.69 Å². The van der Waals surface area contributed by atoms with Crippen LogP contribution in [-0.2, 0) is 11.3 Å². The van der Waals surface area contributed by atoms with Crippen LogP contribution in [0.2, 0.25) is 0 Å². The summed E-state index contributed by atoms with van der Waals surface area (Å²) in [5, 5.41) is 10.3. The van der Waals surface area contributed by atoms with Crippen molar-refractivity contribution < 1.29 is 14.7 Å². The van der Waals surface area contributed by atoms with Crippen LogP contribution >= 0.6 is 0 Å². The second-order valence-electron chi connectivity index (χ2n) is 3.35. The average molecular weight is 189 g/mol. The smallest absolute Gasteiger partial charge is 0.360 e. The first kappa shape index (κ1) is 8.97. The highest BCUT2D eigenvalue weighted by Gasteiger charge is 2.28. The molecule has 2 rings (SSSR count). The second kappa shape index (κ2) is 3.27. The minimum atomic E-state index is 0.132. The Morgan fingerprint density at radius 2 is 2.21 bits per heavy atom. The summed E-state index contributed by atoms with van der Waals surface area (Å²) in [5.74, 6) is 0.132. The lowest BCUT2D eigenvalue weighted by Gasteiger charge is -2.07. The van der Waals surface area contributed by atoms with E-state index in [0.29, 0.717) is 0 Å². The summed E-state index contributed by atoms with van der Waals surface area (Å²) in [6.07, 6.45) is 0.846. The van der Waals surface area contributed by atoms with Gasteiger partial charge in [-0.05, 0) is 0 Å². The quantitative estimate of drug-likeness (QED) is 0.302. The van der Waals surface area contributed by atoms with E-state index in [0.717, 1.165) is 17.8 Å². The van der Waals surface area contributed by atoms with E-state index in [1.54, 1.807) is 4.58 Å². The third-order valence-corrected chi connectivity index (χ3v) is 2.41. The van der Waals surface area contributed by atoms with Crippen molar-refractivity contribution in [1.29, 1.82) is 0 Å². The van der Waals surface area contributed by atoms with Crippen molar-refractivity contribution >= 4 is 11.4 Å². The van der Waals surface area contributed by atoms with Crippen molar-refractivity contribution in [3.05, 3.63) is 42.3 Å². The Balaban J connectivity index is 2.51. The van der Waals surface area contributed by atoms with E-state index < -0.39 is 0 Å². The number of fused-ring (bicyclic) bond motifs is 1. The van der Waals surface area contributed by atoms with Crippen LogP contribution in [0.3, 0.4) is 0 Å². The van der Waals surface area contributed by atoms with Crippen LogP contribution in [0.15, 0.2) is 36.7 Å². The SMILES string of the molecule is C=C(O[O-])[N+]1=C(C)Cc2ccccc21. The zero-order chi connectivity index (χ0) is 10.1. The predicted molar refractivity (Wildman–Crippen MR) is 51.0 cm³/mol. The van der Waals surface area contributed by atoms with E-state index in [1.165, 1.54) is 5.56 Å². The maximum absolute atomic E-state index is 10.3. The molecule has 0 aliphatic carbocycles. The summed E-state index contributed by atoms with van der Waals surface area (Å²) in [5.41, 5.74) is 3.25. The molecule has 0 spiro atoms. The molecule has 1 aliphatic heterocycles. The topological polar surface area (TPSA) is 35.3 Å². The first-order valence-corrected chi connectivity index (χ1v) is 4.43. The van der Waals surface area contributed by atoms with Gasteiger partial charge in [-0.25, -0.2) is 0 Å². The van der Waals surface area contributed by atoms with Crippen LogP contribution in [-0.4, -0.2) is 10.3 Å². The Morgan fingerprint density at radius 3 is 2.93 bits per heavy atom. The summed E-state index contributed by atoms with van der Waals surface area (Å²) in [6, 6.07) is 7.91. The highest BCUT2D eigenvalue weighted by Crippen LogP contribution is 2.28. The fourth-order valence-electron chi connectivity index (χ4n) is 1.82. The van der Waals surface area contributed by atoms with Gasteiger partial charge in [0.1, 0.15) is 0 Å². The Bertz CT molecular complexity index is 421. The number of nitrogens with zero attached hydrogens (tertiary/aromatic N) is 1. The lowest BCUT2D eigenvalue weighted by molar-refractivity contribution is -0.711. The number of hydrogen-bond acceptors (Lipinski definition) is 2. The average Bonchev–Trinajstić information content (AvgIpc) is 2.53. The van der Waals surface area contributed by atoms with Crippen molar-refractivity contribution in [2.45, 2.75) is 13.3 Å². The molecule has 0 aromatic heterocycles. The molecule has 14 heavy (non-hydrogen) atoms. The van der Waals surface area contributed by atoms with E-state index >= 15 is 0 Å². The zero-order valence-corrected chi connectivity index (χ0v) is 7.99. The Kier molecular flexibility index (Phi) is 2.09. The normalized spacial score (nSPS) is 14.1. The van der Waals surface area contributed by atoms with E-state index in [4.69, 9.17) is 0 Å². The Morgan fingerprint density at radius 1 is 1.50 bits per heavy atom. The summed E-state index contributed by atoms with van der Waals surface area (Å²) in [4.78, 5) is 3.92. The van der Waals surface area contributed by atoms with Gasteiger partial charge in [0.05, 0.1) is 6.42 Å². The van der Waals surface area contributed by atoms with Crippen molar-refractivity contribution in [3.8, 4) is 0 Å². The summed E-state index contributed by atoms with van der Waals surface area (Å²) in [6.45, 7) is 5.54. The lowest BCUT2D eigenvalue weighted by Crippen LogP contribution is -2.16. The fourth-order valence-corrected chi connectivity index (χ4v) is 1.82. The standard InChI is InChI=1S/C11H11NO2/c1-8-7-10-5-3-4-6-11(10)12(8)9(2)14-13/h3-6H,2,7H2,1H3. The third kappa shape index (κ3) is 1.22. The molecule has 0 radical (unpaired) electrons. The van der Waals surface area contributed by atoms with Crippen LogP contribution in [0.1, 0.15) is 12.5 Å². The van der Waals surface area contributed by atoms with Crippen LogP contribution in [0.4, 0.5) is 5.69 Å². The molecule has 1 heterocycles. The molecule has 0 bridgehead atoms.